The molecule has 2 bridgehead atoms. The fourth-order valence-corrected chi connectivity index (χ4v) is 5.09. The first-order valence-corrected chi connectivity index (χ1v) is 7.73. The van der Waals surface area contributed by atoms with Gasteiger partial charge in [-0.05, 0) is 32.1 Å². The predicted octanol–water partition coefficient (Wildman–Crippen LogP) is 0.350. The van der Waals surface area contributed by atoms with Crippen molar-refractivity contribution in [3.05, 3.63) is 11.3 Å². The lowest BCUT2D eigenvalue weighted by Crippen LogP contribution is -2.38. The first kappa shape index (κ1) is 12.1. The largest absolute Gasteiger partial charge is 0.326 e. The monoisotopic (exact) mass is 270 g/mol. The average Bonchev–Trinajstić information content (AvgIpc) is 3.02. The number of aromatic nitrogens is 2. The van der Waals surface area contributed by atoms with E-state index in [1.54, 1.807) is 11.2 Å². The summed E-state index contributed by atoms with van der Waals surface area (Å²) in [6.07, 6.45) is 3.13. The fourth-order valence-electron chi connectivity index (χ4n) is 3.17. The summed E-state index contributed by atoms with van der Waals surface area (Å²) in [4.78, 5) is 0. The molecule has 1 aromatic heterocycles. The van der Waals surface area contributed by atoms with Gasteiger partial charge in [0, 0.05) is 30.4 Å². The van der Waals surface area contributed by atoms with Gasteiger partial charge in [0.15, 0.2) is 5.03 Å². The Labute approximate surface area is 107 Å². The van der Waals surface area contributed by atoms with Crippen LogP contribution in [0.15, 0.2) is 5.03 Å². The molecule has 100 valence electrons. The summed E-state index contributed by atoms with van der Waals surface area (Å²) in [6, 6.07) is 0.169. The third kappa shape index (κ3) is 1.61. The lowest BCUT2D eigenvalue weighted by Gasteiger charge is -2.25. The Bertz CT molecular complexity index is 566. The summed E-state index contributed by atoms with van der Waals surface area (Å²) in [5.74, 6) is 0.533. The third-order valence-corrected chi connectivity index (χ3v) is 6.04. The number of H-pyrrole nitrogens is 1. The van der Waals surface area contributed by atoms with Crippen LogP contribution in [0.4, 0.5) is 0 Å². The minimum atomic E-state index is -3.48. The van der Waals surface area contributed by atoms with Gasteiger partial charge in [0.05, 0.1) is 0 Å². The van der Waals surface area contributed by atoms with E-state index in [-0.39, 0.29) is 17.6 Å². The number of hydrogen-bond acceptors (Lipinski definition) is 4. The van der Waals surface area contributed by atoms with Crippen LogP contribution in [0.1, 0.15) is 30.5 Å². The van der Waals surface area contributed by atoms with Crippen LogP contribution >= 0.6 is 0 Å². The lowest BCUT2D eigenvalue weighted by atomic mass is 10.1. The van der Waals surface area contributed by atoms with E-state index in [1.165, 1.54) is 0 Å². The molecule has 2 heterocycles. The Morgan fingerprint density at radius 2 is 2.28 bits per heavy atom. The first-order valence-electron chi connectivity index (χ1n) is 6.29. The van der Waals surface area contributed by atoms with Gasteiger partial charge >= 0.3 is 0 Å². The summed E-state index contributed by atoms with van der Waals surface area (Å²) in [5, 5.41) is 6.80. The highest BCUT2D eigenvalue weighted by Crippen LogP contribution is 2.40. The molecular weight excluding hydrogens is 252 g/mol. The van der Waals surface area contributed by atoms with Gasteiger partial charge in [-0.15, -0.1) is 0 Å². The zero-order chi connectivity index (χ0) is 12.9. The molecule has 0 spiro atoms. The molecule has 1 saturated carbocycles. The molecule has 2 aliphatic rings. The molecule has 1 aliphatic carbocycles. The van der Waals surface area contributed by atoms with E-state index in [2.05, 4.69) is 10.2 Å². The topological polar surface area (TPSA) is 92.1 Å². The Balaban J connectivity index is 1.99. The summed E-state index contributed by atoms with van der Waals surface area (Å²) in [6.45, 7) is 2.63. The van der Waals surface area contributed by atoms with Gasteiger partial charge in [-0.3, -0.25) is 5.10 Å². The summed E-state index contributed by atoms with van der Waals surface area (Å²) in [7, 11) is -3.48. The highest BCUT2D eigenvalue weighted by atomic mass is 32.2. The van der Waals surface area contributed by atoms with E-state index in [4.69, 9.17) is 5.73 Å². The van der Waals surface area contributed by atoms with E-state index in [9.17, 15) is 8.42 Å². The number of rotatable bonds is 3. The van der Waals surface area contributed by atoms with Gasteiger partial charge in [0.1, 0.15) is 0 Å². The normalized spacial score (nSPS) is 28.1. The standard InChI is InChI=1S/C11H18N4O2S/c1-7-10(5-12)11(14-13-7)18(16,17)15-6-8-2-3-9(15)4-8/h8-9H,2-6,12H2,1H3,(H,13,14). The molecule has 0 aromatic carbocycles. The SMILES string of the molecule is Cc1[nH]nc(S(=O)(=O)N2CC3CCC2C3)c1CN. The molecule has 0 radical (unpaired) electrons. The van der Waals surface area contributed by atoms with Crippen molar-refractivity contribution in [1.82, 2.24) is 14.5 Å². The molecule has 3 rings (SSSR count). The van der Waals surface area contributed by atoms with Crippen LogP contribution in [-0.4, -0.2) is 35.5 Å². The summed E-state index contributed by atoms with van der Waals surface area (Å²) < 4.78 is 26.8. The van der Waals surface area contributed by atoms with Crippen molar-refractivity contribution in [2.24, 2.45) is 11.7 Å². The molecule has 7 heteroatoms. The lowest BCUT2D eigenvalue weighted by molar-refractivity contribution is 0.332. The van der Waals surface area contributed by atoms with Crippen molar-refractivity contribution in [3.63, 3.8) is 0 Å². The maximum absolute atomic E-state index is 12.6. The molecular formula is C11H18N4O2S. The molecule has 0 amide bonds. The number of piperidine rings is 1. The molecule has 18 heavy (non-hydrogen) atoms. The minimum absolute atomic E-state index is 0.120. The molecule has 2 fully saturated rings. The smallest absolute Gasteiger partial charge is 0.262 e. The molecule has 2 atom stereocenters. The van der Waals surface area contributed by atoms with Crippen LogP contribution in [0.3, 0.4) is 0 Å². The number of nitrogens with two attached hydrogens (primary N) is 1. The summed E-state index contributed by atoms with van der Waals surface area (Å²) in [5.41, 5.74) is 6.97. The van der Waals surface area contributed by atoms with E-state index in [0.29, 0.717) is 18.0 Å². The molecule has 1 aliphatic heterocycles. The molecule has 6 nitrogen and oxygen atoms in total. The van der Waals surface area contributed by atoms with Crippen molar-refractivity contribution >= 4 is 10.0 Å². The predicted molar refractivity (Wildman–Crippen MR) is 66.2 cm³/mol. The van der Waals surface area contributed by atoms with Gasteiger partial charge < -0.3 is 5.73 Å². The van der Waals surface area contributed by atoms with Crippen LogP contribution in [0.2, 0.25) is 0 Å². The number of hydrogen-bond donors (Lipinski definition) is 2. The minimum Gasteiger partial charge on any atom is -0.326 e. The second-order valence-corrected chi connectivity index (χ2v) is 7.05. The van der Waals surface area contributed by atoms with Gasteiger partial charge in [-0.2, -0.15) is 9.40 Å². The third-order valence-electron chi connectivity index (χ3n) is 4.15. The van der Waals surface area contributed by atoms with Gasteiger partial charge in [0.25, 0.3) is 10.0 Å². The fraction of sp³-hybridized carbons (Fsp3) is 0.727. The van der Waals surface area contributed by atoms with Crippen LogP contribution in [-0.2, 0) is 16.6 Å². The van der Waals surface area contributed by atoms with Crippen molar-refractivity contribution in [2.45, 2.75) is 43.8 Å². The summed E-state index contributed by atoms with van der Waals surface area (Å²) >= 11 is 0. The van der Waals surface area contributed by atoms with Gasteiger partial charge in [-0.25, -0.2) is 8.42 Å². The van der Waals surface area contributed by atoms with Crippen LogP contribution in [0.25, 0.3) is 0 Å². The number of nitrogens with zero attached hydrogens (tertiary/aromatic N) is 2. The Kier molecular flexibility index (Phi) is 2.72. The van der Waals surface area contributed by atoms with E-state index < -0.39 is 10.0 Å². The average molecular weight is 270 g/mol. The van der Waals surface area contributed by atoms with Crippen molar-refractivity contribution in [3.8, 4) is 0 Å². The Hall–Kier alpha value is -0.920. The zero-order valence-electron chi connectivity index (χ0n) is 10.4. The maximum atomic E-state index is 12.6. The number of fused-ring (bicyclic) bond motifs is 2. The van der Waals surface area contributed by atoms with E-state index in [0.717, 1.165) is 25.0 Å². The molecule has 2 unspecified atom stereocenters. The molecule has 1 saturated heterocycles. The molecule has 1 aromatic rings. The highest BCUT2D eigenvalue weighted by Gasteiger charge is 2.45. The second-order valence-electron chi connectivity index (χ2n) is 5.24. The van der Waals surface area contributed by atoms with Gasteiger partial charge in [0.2, 0.25) is 0 Å². The van der Waals surface area contributed by atoms with Crippen molar-refractivity contribution in [2.75, 3.05) is 6.54 Å². The molecule has 3 N–H and O–H groups in total. The zero-order valence-corrected chi connectivity index (χ0v) is 11.2. The van der Waals surface area contributed by atoms with Gasteiger partial charge in [-0.1, -0.05) is 0 Å². The highest BCUT2D eigenvalue weighted by molar-refractivity contribution is 7.89. The number of aromatic amines is 1. The van der Waals surface area contributed by atoms with E-state index >= 15 is 0 Å². The van der Waals surface area contributed by atoms with Crippen molar-refractivity contribution < 1.29 is 8.42 Å². The maximum Gasteiger partial charge on any atom is 0.262 e. The quantitative estimate of drug-likeness (QED) is 0.829. The first-order chi connectivity index (χ1) is 8.54. The van der Waals surface area contributed by atoms with Crippen LogP contribution in [0, 0.1) is 12.8 Å². The van der Waals surface area contributed by atoms with Crippen molar-refractivity contribution in [1.29, 1.82) is 0 Å². The second kappa shape index (κ2) is 4.04. The number of nitrogens with one attached hydrogen (secondary N) is 1. The van der Waals surface area contributed by atoms with Crippen LogP contribution in [0.5, 0.6) is 0 Å². The van der Waals surface area contributed by atoms with Crippen LogP contribution < -0.4 is 5.73 Å². The Morgan fingerprint density at radius 1 is 1.50 bits per heavy atom. The van der Waals surface area contributed by atoms with E-state index in [1.807, 2.05) is 0 Å². The number of aryl methyl sites for hydroxylation is 1. The number of sulfonamides is 1. The Morgan fingerprint density at radius 3 is 2.83 bits per heavy atom.